The van der Waals surface area contributed by atoms with Gasteiger partial charge < -0.3 is 5.32 Å². The van der Waals surface area contributed by atoms with Crippen molar-refractivity contribution in [1.29, 1.82) is 0 Å². The number of aliphatic imine (C=N–C) groups is 1. The van der Waals surface area contributed by atoms with Gasteiger partial charge in [0.15, 0.2) is 6.29 Å². The summed E-state index contributed by atoms with van der Waals surface area (Å²) in [5, 5.41) is 3.76. The second-order valence-electron chi connectivity index (χ2n) is 3.90. The average molecular weight is 261 g/mol. The number of amidine groups is 1. The molecule has 0 radical (unpaired) electrons. The molecule has 2 rings (SSSR count). The molecule has 1 aromatic carbocycles. The molecule has 0 spiro atoms. The molecule has 18 heavy (non-hydrogen) atoms. The summed E-state index contributed by atoms with van der Waals surface area (Å²) >= 11 is 5.82. The minimum Gasteiger partial charge on any atom is -0.349 e. The second kappa shape index (κ2) is 6.17. The number of hydrogen-bond donors (Lipinski definition) is 1. The number of allylic oxidation sites excluding steroid dienone is 2. The Morgan fingerprint density at radius 1 is 1.33 bits per heavy atom. The van der Waals surface area contributed by atoms with Crippen LogP contribution in [0.15, 0.2) is 53.2 Å². The summed E-state index contributed by atoms with van der Waals surface area (Å²) < 4.78 is 0. The zero-order chi connectivity index (χ0) is 12.8. The number of carbonyl (C=O) groups excluding carboxylic acids is 1. The van der Waals surface area contributed by atoms with Crippen molar-refractivity contribution in [2.45, 2.75) is 13.0 Å². The zero-order valence-corrected chi connectivity index (χ0v) is 10.5. The molecule has 0 unspecified atom stereocenters. The van der Waals surface area contributed by atoms with Gasteiger partial charge in [-0.3, -0.25) is 9.79 Å². The number of nitrogens with zero attached hydrogens (tertiary/aromatic N) is 1. The van der Waals surface area contributed by atoms with E-state index in [1.165, 1.54) is 0 Å². The van der Waals surface area contributed by atoms with Gasteiger partial charge >= 0.3 is 0 Å². The Bertz CT molecular complexity index is 515. The van der Waals surface area contributed by atoms with E-state index in [4.69, 9.17) is 11.6 Å². The lowest BCUT2D eigenvalue weighted by Gasteiger charge is -2.03. The molecule has 1 aromatic rings. The van der Waals surface area contributed by atoms with Gasteiger partial charge in [0, 0.05) is 23.2 Å². The summed E-state index contributed by atoms with van der Waals surface area (Å²) in [7, 11) is 0. The Kier molecular flexibility index (Phi) is 4.31. The van der Waals surface area contributed by atoms with Crippen molar-refractivity contribution in [1.82, 2.24) is 5.32 Å². The maximum Gasteiger partial charge on any atom is 0.151 e. The summed E-state index contributed by atoms with van der Waals surface area (Å²) in [4.78, 5) is 15.1. The van der Waals surface area contributed by atoms with E-state index < -0.39 is 0 Å². The molecule has 1 aliphatic heterocycles. The molecule has 1 aliphatic rings. The van der Waals surface area contributed by atoms with Gasteiger partial charge in [0.2, 0.25) is 0 Å². The Morgan fingerprint density at radius 3 is 2.83 bits per heavy atom. The van der Waals surface area contributed by atoms with E-state index in [-0.39, 0.29) is 0 Å². The normalized spacial score (nSPS) is 16.9. The van der Waals surface area contributed by atoms with Crippen LogP contribution in [0.2, 0.25) is 5.02 Å². The van der Waals surface area contributed by atoms with E-state index in [1.807, 2.05) is 30.3 Å². The minimum absolute atomic E-state index is 0.595. The van der Waals surface area contributed by atoms with E-state index in [0.29, 0.717) is 18.5 Å². The third-order valence-electron chi connectivity index (χ3n) is 2.53. The Balaban J connectivity index is 2.02. The molecule has 1 N–H and O–H groups in total. The van der Waals surface area contributed by atoms with Gasteiger partial charge in [0.25, 0.3) is 0 Å². The van der Waals surface area contributed by atoms with Crippen molar-refractivity contribution in [3.05, 3.63) is 58.8 Å². The van der Waals surface area contributed by atoms with Crippen LogP contribution in [0.5, 0.6) is 0 Å². The molecular weight excluding hydrogens is 248 g/mol. The van der Waals surface area contributed by atoms with Crippen LogP contribution in [0, 0.1) is 0 Å². The first-order valence-electron chi connectivity index (χ1n) is 5.64. The second-order valence-corrected chi connectivity index (χ2v) is 4.34. The Hall–Kier alpha value is -1.87. The lowest BCUT2D eigenvalue weighted by atomic mass is 10.2. The smallest absolute Gasteiger partial charge is 0.151 e. The number of carbonyl (C=O) groups is 1. The summed E-state index contributed by atoms with van der Waals surface area (Å²) in [5.74, 6) is 0.845. The van der Waals surface area contributed by atoms with Crippen LogP contribution >= 0.6 is 11.6 Å². The molecule has 0 saturated carbocycles. The van der Waals surface area contributed by atoms with Gasteiger partial charge in [-0.25, -0.2) is 0 Å². The van der Waals surface area contributed by atoms with Crippen molar-refractivity contribution in [3.63, 3.8) is 0 Å². The number of rotatable bonds is 3. The molecular formula is C14H13ClN2O. The monoisotopic (exact) mass is 260 g/mol. The Labute approximate surface area is 111 Å². The summed E-state index contributed by atoms with van der Waals surface area (Å²) in [5.41, 5.74) is 1.72. The number of benzene rings is 1. The number of aldehydes is 1. The quantitative estimate of drug-likeness (QED) is 0.849. The van der Waals surface area contributed by atoms with E-state index in [0.717, 1.165) is 22.7 Å². The molecule has 0 atom stereocenters. The van der Waals surface area contributed by atoms with E-state index in [2.05, 4.69) is 10.3 Å². The summed E-state index contributed by atoms with van der Waals surface area (Å²) in [6.07, 6.45) is 6.87. The SMILES string of the molecule is O=CC1=CNC(=NCc2ccc(Cl)cc2)CC=C1. The molecule has 1 heterocycles. The minimum atomic E-state index is 0.595. The average Bonchev–Trinajstić information content (AvgIpc) is 2.63. The molecule has 0 aliphatic carbocycles. The topological polar surface area (TPSA) is 41.5 Å². The first-order chi connectivity index (χ1) is 8.78. The van der Waals surface area contributed by atoms with Crippen LogP contribution in [0.1, 0.15) is 12.0 Å². The lowest BCUT2D eigenvalue weighted by Crippen LogP contribution is -2.16. The maximum atomic E-state index is 10.6. The molecule has 92 valence electrons. The standard InChI is InChI=1S/C14H13ClN2O/c15-13-6-4-11(5-7-13)8-16-14-3-1-2-12(10-18)9-17-14/h1-2,4-7,9-10H,3,8H2,(H,16,17). The zero-order valence-electron chi connectivity index (χ0n) is 9.77. The maximum absolute atomic E-state index is 10.6. The van der Waals surface area contributed by atoms with Crippen LogP contribution in [-0.4, -0.2) is 12.1 Å². The highest BCUT2D eigenvalue weighted by atomic mass is 35.5. The largest absolute Gasteiger partial charge is 0.349 e. The van der Waals surface area contributed by atoms with Gasteiger partial charge in [0.05, 0.1) is 6.54 Å². The van der Waals surface area contributed by atoms with Gasteiger partial charge in [-0.1, -0.05) is 35.9 Å². The highest BCUT2D eigenvalue weighted by Gasteiger charge is 2.00. The van der Waals surface area contributed by atoms with E-state index in [9.17, 15) is 4.79 Å². The van der Waals surface area contributed by atoms with Crippen LogP contribution in [0.3, 0.4) is 0 Å². The third kappa shape index (κ3) is 3.57. The third-order valence-corrected chi connectivity index (χ3v) is 2.78. The van der Waals surface area contributed by atoms with Crippen LogP contribution in [-0.2, 0) is 11.3 Å². The fraction of sp³-hybridized carbons (Fsp3) is 0.143. The van der Waals surface area contributed by atoms with Crippen LogP contribution in [0.25, 0.3) is 0 Å². The van der Waals surface area contributed by atoms with Crippen molar-refractivity contribution >= 4 is 23.7 Å². The van der Waals surface area contributed by atoms with E-state index >= 15 is 0 Å². The van der Waals surface area contributed by atoms with Crippen molar-refractivity contribution in [2.75, 3.05) is 0 Å². The highest BCUT2D eigenvalue weighted by molar-refractivity contribution is 6.30. The van der Waals surface area contributed by atoms with Crippen molar-refractivity contribution < 1.29 is 4.79 Å². The van der Waals surface area contributed by atoms with Gasteiger partial charge in [-0.05, 0) is 17.7 Å². The van der Waals surface area contributed by atoms with Gasteiger partial charge in [-0.15, -0.1) is 0 Å². The molecule has 0 saturated heterocycles. The van der Waals surface area contributed by atoms with E-state index in [1.54, 1.807) is 12.3 Å². The molecule has 0 amide bonds. The first-order valence-corrected chi connectivity index (χ1v) is 6.02. The number of nitrogens with one attached hydrogen (secondary N) is 1. The van der Waals surface area contributed by atoms with Crippen LogP contribution in [0.4, 0.5) is 0 Å². The van der Waals surface area contributed by atoms with Crippen LogP contribution < -0.4 is 5.32 Å². The first kappa shape index (κ1) is 12.6. The fourth-order valence-corrected chi connectivity index (χ4v) is 1.67. The molecule has 0 fully saturated rings. The van der Waals surface area contributed by atoms with Crippen molar-refractivity contribution in [3.8, 4) is 0 Å². The number of hydrogen-bond acceptors (Lipinski definition) is 2. The molecule has 0 aromatic heterocycles. The fourth-order valence-electron chi connectivity index (χ4n) is 1.54. The molecule has 4 heteroatoms. The molecule has 3 nitrogen and oxygen atoms in total. The number of halogens is 1. The Morgan fingerprint density at radius 2 is 2.11 bits per heavy atom. The summed E-state index contributed by atoms with van der Waals surface area (Å²) in [6, 6.07) is 7.60. The molecule has 0 bridgehead atoms. The lowest BCUT2D eigenvalue weighted by molar-refractivity contribution is -0.104. The summed E-state index contributed by atoms with van der Waals surface area (Å²) in [6.45, 7) is 0.595. The van der Waals surface area contributed by atoms with Gasteiger partial charge in [-0.2, -0.15) is 0 Å². The van der Waals surface area contributed by atoms with Gasteiger partial charge in [0.1, 0.15) is 5.84 Å². The van der Waals surface area contributed by atoms with Crippen molar-refractivity contribution in [2.24, 2.45) is 4.99 Å². The predicted molar refractivity (Wildman–Crippen MR) is 73.6 cm³/mol. The highest BCUT2D eigenvalue weighted by Crippen LogP contribution is 2.10. The predicted octanol–water partition coefficient (Wildman–Crippen LogP) is 2.87.